The third kappa shape index (κ3) is 2.52. The number of carbonyl (C=O) groups is 1. The van der Waals surface area contributed by atoms with Gasteiger partial charge < -0.3 is 18.9 Å². The summed E-state index contributed by atoms with van der Waals surface area (Å²) in [6, 6.07) is 5.17. The van der Waals surface area contributed by atoms with Crippen LogP contribution < -0.4 is 9.47 Å². The summed E-state index contributed by atoms with van der Waals surface area (Å²) in [5.41, 5.74) is 0.585. The van der Waals surface area contributed by atoms with Crippen molar-refractivity contribution in [3.05, 3.63) is 35.5 Å². The van der Waals surface area contributed by atoms with Gasteiger partial charge in [-0.2, -0.15) is 4.98 Å². The summed E-state index contributed by atoms with van der Waals surface area (Å²) < 4.78 is 16.1. The molecule has 0 unspecified atom stereocenters. The van der Waals surface area contributed by atoms with Crippen molar-refractivity contribution in [1.82, 2.24) is 15.0 Å². The van der Waals surface area contributed by atoms with Crippen molar-refractivity contribution < 1.29 is 18.8 Å². The van der Waals surface area contributed by atoms with Gasteiger partial charge in [-0.15, -0.1) is 0 Å². The predicted molar refractivity (Wildman–Crippen MR) is 79.5 cm³/mol. The molecule has 0 spiro atoms. The number of ether oxygens (including phenoxy) is 2. The normalized spacial score (nSPS) is 19.9. The van der Waals surface area contributed by atoms with E-state index in [4.69, 9.17) is 14.0 Å². The van der Waals surface area contributed by atoms with Gasteiger partial charge in [-0.1, -0.05) is 5.16 Å². The lowest BCUT2D eigenvalue weighted by Crippen LogP contribution is -2.31. The van der Waals surface area contributed by atoms with Crippen LogP contribution in [0.1, 0.15) is 41.0 Å². The summed E-state index contributed by atoms with van der Waals surface area (Å²) in [6.45, 7) is 3.47. The van der Waals surface area contributed by atoms with Gasteiger partial charge in [0.25, 0.3) is 5.91 Å². The number of rotatable bonds is 2. The van der Waals surface area contributed by atoms with Gasteiger partial charge in [0.15, 0.2) is 17.3 Å². The lowest BCUT2D eigenvalue weighted by Gasteiger charge is -2.23. The lowest BCUT2D eigenvalue weighted by atomic mass is 10.1. The van der Waals surface area contributed by atoms with Gasteiger partial charge in [-0.3, -0.25) is 4.79 Å². The lowest BCUT2D eigenvalue weighted by molar-refractivity contribution is 0.0727. The van der Waals surface area contributed by atoms with E-state index < -0.39 is 0 Å². The molecule has 0 radical (unpaired) electrons. The zero-order valence-corrected chi connectivity index (χ0v) is 12.8. The Kier molecular flexibility index (Phi) is 3.40. The zero-order valence-electron chi connectivity index (χ0n) is 12.8. The van der Waals surface area contributed by atoms with E-state index in [2.05, 4.69) is 10.1 Å². The highest BCUT2D eigenvalue weighted by Gasteiger charge is 2.34. The smallest absolute Gasteiger partial charge is 0.254 e. The van der Waals surface area contributed by atoms with Crippen molar-refractivity contribution in [3.63, 3.8) is 0 Å². The van der Waals surface area contributed by atoms with E-state index >= 15 is 0 Å². The molecule has 1 fully saturated rings. The number of hydrogen-bond donors (Lipinski definition) is 0. The van der Waals surface area contributed by atoms with Crippen molar-refractivity contribution >= 4 is 5.91 Å². The molecule has 23 heavy (non-hydrogen) atoms. The van der Waals surface area contributed by atoms with E-state index in [0.717, 1.165) is 12.8 Å². The Bertz CT molecular complexity index is 743. The third-order valence-electron chi connectivity index (χ3n) is 4.14. The molecule has 7 heteroatoms. The first-order valence-electron chi connectivity index (χ1n) is 7.73. The molecule has 1 aromatic heterocycles. The quantitative estimate of drug-likeness (QED) is 0.845. The molecular weight excluding hydrogens is 298 g/mol. The minimum absolute atomic E-state index is 0.0491. The summed E-state index contributed by atoms with van der Waals surface area (Å²) in [6.07, 6.45) is 1.77. The first kappa shape index (κ1) is 14.0. The topological polar surface area (TPSA) is 77.7 Å². The molecule has 120 valence electrons. The summed E-state index contributed by atoms with van der Waals surface area (Å²) in [5, 5.41) is 3.97. The number of amides is 1. The number of nitrogens with zero attached hydrogens (tertiary/aromatic N) is 3. The van der Waals surface area contributed by atoms with Crippen LogP contribution in [0, 0.1) is 6.92 Å². The van der Waals surface area contributed by atoms with Crippen LogP contribution in [0.15, 0.2) is 22.7 Å². The highest BCUT2D eigenvalue weighted by molar-refractivity contribution is 5.95. The molecule has 2 aliphatic rings. The average molecular weight is 315 g/mol. The van der Waals surface area contributed by atoms with Gasteiger partial charge in [0.05, 0.1) is 6.04 Å². The minimum Gasteiger partial charge on any atom is -0.486 e. The third-order valence-corrected chi connectivity index (χ3v) is 4.14. The van der Waals surface area contributed by atoms with Gasteiger partial charge in [0.1, 0.15) is 13.2 Å². The van der Waals surface area contributed by atoms with E-state index in [1.807, 2.05) is 0 Å². The molecule has 0 N–H and O–H groups in total. The Hall–Kier alpha value is -2.57. The van der Waals surface area contributed by atoms with Crippen LogP contribution in [0.2, 0.25) is 0 Å². The van der Waals surface area contributed by atoms with Crippen LogP contribution in [0.25, 0.3) is 0 Å². The number of carbonyl (C=O) groups excluding carboxylic acids is 1. The maximum atomic E-state index is 12.9. The second-order valence-corrected chi connectivity index (χ2v) is 5.69. The molecule has 4 rings (SSSR count). The molecular formula is C16H17N3O4. The largest absolute Gasteiger partial charge is 0.486 e. The minimum atomic E-state index is -0.131. The highest BCUT2D eigenvalue weighted by Crippen LogP contribution is 2.34. The monoisotopic (exact) mass is 315 g/mol. The standard InChI is InChI=1S/C16H17N3O4/c1-10-17-15(18-23-10)12-3-2-6-19(12)16(20)11-4-5-13-14(9-11)22-8-7-21-13/h4-5,9,12H,2-3,6-8H2,1H3/t12-/m0/s1. The second-order valence-electron chi connectivity index (χ2n) is 5.69. The van der Waals surface area contributed by atoms with Gasteiger partial charge >= 0.3 is 0 Å². The Labute approximate surface area is 133 Å². The van der Waals surface area contributed by atoms with Crippen LogP contribution in [0.4, 0.5) is 0 Å². The van der Waals surface area contributed by atoms with E-state index in [1.54, 1.807) is 30.0 Å². The van der Waals surface area contributed by atoms with E-state index in [1.165, 1.54) is 0 Å². The van der Waals surface area contributed by atoms with E-state index in [0.29, 0.717) is 48.5 Å². The molecule has 2 aliphatic heterocycles. The van der Waals surface area contributed by atoms with Crippen molar-refractivity contribution in [3.8, 4) is 11.5 Å². The Balaban J connectivity index is 1.60. The Morgan fingerprint density at radius 2 is 2.09 bits per heavy atom. The first-order chi connectivity index (χ1) is 11.2. The Morgan fingerprint density at radius 1 is 1.26 bits per heavy atom. The summed E-state index contributed by atoms with van der Waals surface area (Å²) in [5.74, 6) is 2.34. The van der Waals surface area contributed by atoms with Crippen LogP contribution in [0.5, 0.6) is 11.5 Å². The number of likely N-dealkylation sites (tertiary alicyclic amines) is 1. The van der Waals surface area contributed by atoms with Crippen LogP contribution in [0.3, 0.4) is 0 Å². The maximum absolute atomic E-state index is 12.9. The number of fused-ring (bicyclic) bond motifs is 1. The van der Waals surface area contributed by atoms with Crippen molar-refractivity contribution in [2.24, 2.45) is 0 Å². The fourth-order valence-corrected chi connectivity index (χ4v) is 3.07. The number of aromatic nitrogens is 2. The Morgan fingerprint density at radius 3 is 2.87 bits per heavy atom. The molecule has 0 bridgehead atoms. The van der Waals surface area contributed by atoms with Gasteiger partial charge in [-0.05, 0) is 31.0 Å². The molecule has 0 aliphatic carbocycles. The molecule has 1 saturated heterocycles. The molecule has 1 aromatic carbocycles. The first-order valence-corrected chi connectivity index (χ1v) is 7.73. The van der Waals surface area contributed by atoms with E-state index in [9.17, 15) is 4.79 Å². The van der Waals surface area contributed by atoms with Crippen LogP contribution in [-0.4, -0.2) is 40.7 Å². The van der Waals surface area contributed by atoms with Crippen molar-refractivity contribution in [1.29, 1.82) is 0 Å². The maximum Gasteiger partial charge on any atom is 0.254 e. The van der Waals surface area contributed by atoms with Gasteiger partial charge in [0, 0.05) is 19.0 Å². The fourth-order valence-electron chi connectivity index (χ4n) is 3.07. The molecule has 0 saturated carbocycles. The SMILES string of the molecule is Cc1nc([C@@H]2CCCN2C(=O)c2ccc3c(c2)OCCO3)no1. The number of aryl methyl sites for hydroxylation is 1. The van der Waals surface area contributed by atoms with E-state index in [-0.39, 0.29) is 11.9 Å². The zero-order chi connectivity index (χ0) is 15.8. The molecule has 2 aromatic rings. The summed E-state index contributed by atoms with van der Waals surface area (Å²) in [4.78, 5) is 18.9. The number of benzene rings is 1. The predicted octanol–water partition coefficient (Wildman–Crippen LogP) is 2.13. The summed E-state index contributed by atoms with van der Waals surface area (Å²) in [7, 11) is 0. The van der Waals surface area contributed by atoms with Crippen LogP contribution >= 0.6 is 0 Å². The fraction of sp³-hybridized carbons (Fsp3) is 0.438. The van der Waals surface area contributed by atoms with Crippen LogP contribution in [-0.2, 0) is 0 Å². The van der Waals surface area contributed by atoms with Crippen molar-refractivity contribution in [2.75, 3.05) is 19.8 Å². The molecule has 3 heterocycles. The molecule has 1 amide bonds. The molecule has 1 atom stereocenters. The van der Waals surface area contributed by atoms with Gasteiger partial charge in [0.2, 0.25) is 5.89 Å². The average Bonchev–Trinajstić information content (AvgIpc) is 3.22. The number of hydrogen-bond acceptors (Lipinski definition) is 6. The van der Waals surface area contributed by atoms with Gasteiger partial charge in [-0.25, -0.2) is 0 Å². The van der Waals surface area contributed by atoms with Crippen molar-refractivity contribution in [2.45, 2.75) is 25.8 Å². The highest BCUT2D eigenvalue weighted by atomic mass is 16.6. The second kappa shape index (κ2) is 5.57. The molecule has 7 nitrogen and oxygen atoms in total. The summed E-state index contributed by atoms with van der Waals surface area (Å²) >= 11 is 0.